The third kappa shape index (κ3) is 3.18. The van der Waals surface area contributed by atoms with Crippen LogP contribution < -0.4 is 16.6 Å². The van der Waals surface area contributed by atoms with Gasteiger partial charge in [0, 0.05) is 24.8 Å². The number of aryl methyl sites for hydroxylation is 1. The Balaban J connectivity index is 2.04. The van der Waals surface area contributed by atoms with Gasteiger partial charge in [-0.2, -0.15) is 0 Å². The van der Waals surface area contributed by atoms with Crippen molar-refractivity contribution in [3.8, 4) is 0 Å². The van der Waals surface area contributed by atoms with Crippen LogP contribution in [0.5, 0.6) is 0 Å². The number of anilines is 1. The second kappa shape index (κ2) is 5.46. The molecule has 0 saturated heterocycles. The molecule has 0 aliphatic rings. The zero-order valence-electron chi connectivity index (χ0n) is 10.2. The Kier molecular flexibility index (Phi) is 3.74. The van der Waals surface area contributed by atoms with Gasteiger partial charge in [-0.05, 0) is 18.1 Å². The second-order valence-corrected chi connectivity index (χ2v) is 4.11. The summed E-state index contributed by atoms with van der Waals surface area (Å²) in [5, 5.41) is 3.08. The first-order chi connectivity index (χ1) is 8.67. The molecule has 4 N–H and O–H groups in total. The minimum absolute atomic E-state index is 0.150. The monoisotopic (exact) mass is 244 g/mol. The van der Waals surface area contributed by atoms with Crippen LogP contribution in [-0.2, 0) is 13.1 Å². The molecule has 0 fully saturated rings. The molecular weight excluding hydrogens is 228 g/mol. The first kappa shape index (κ1) is 12.3. The first-order valence-electron chi connectivity index (χ1n) is 5.77. The number of hydrogen-bond acceptors (Lipinski definition) is 4. The summed E-state index contributed by atoms with van der Waals surface area (Å²) in [6, 6.07) is 9.44. The van der Waals surface area contributed by atoms with Crippen LogP contribution in [0.4, 0.5) is 5.95 Å². The predicted octanol–water partition coefficient (Wildman–Crippen LogP) is 1.15. The van der Waals surface area contributed by atoms with E-state index in [0.29, 0.717) is 24.7 Å². The van der Waals surface area contributed by atoms with Crippen molar-refractivity contribution < 1.29 is 0 Å². The van der Waals surface area contributed by atoms with E-state index in [2.05, 4.69) is 15.3 Å². The lowest BCUT2D eigenvalue weighted by atomic mass is 10.1. The molecule has 0 atom stereocenters. The van der Waals surface area contributed by atoms with E-state index in [1.807, 2.05) is 24.3 Å². The van der Waals surface area contributed by atoms with Crippen molar-refractivity contribution in [2.75, 3.05) is 5.32 Å². The van der Waals surface area contributed by atoms with Gasteiger partial charge in [0.2, 0.25) is 5.95 Å². The molecule has 0 spiro atoms. The summed E-state index contributed by atoms with van der Waals surface area (Å²) < 4.78 is 0. The number of nitrogens with one attached hydrogen (secondary N) is 2. The van der Waals surface area contributed by atoms with Gasteiger partial charge in [0.05, 0.1) is 0 Å². The number of hydrogen-bond donors (Lipinski definition) is 3. The summed E-state index contributed by atoms with van der Waals surface area (Å²) in [7, 11) is 0. The molecule has 0 unspecified atom stereocenters. The number of nitrogens with two attached hydrogens (primary N) is 1. The molecule has 1 heterocycles. The van der Waals surface area contributed by atoms with Crippen molar-refractivity contribution in [3.63, 3.8) is 0 Å². The van der Waals surface area contributed by atoms with E-state index in [9.17, 15) is 4.79 Å². The Morgan fingerprint density at radius 2 is 1.94 bits per heavy atom. The van der Waals surface area contributed by atoms with E-state index in [1.165, 1.54) is 6.07 Å². The number of H-pyrrole nitrogens is 1. The summed E-state index contributed by atoms with van der Waals surface area (Å²) in [6.07, 6.45) is 0. The van der Waals surface area contributed by atoms with Gasteiger partial charge in [0.1, 0.15) is 0 Å². The van der Waals surface area contributed by atoms with Crippen LogP contribution >= 0.6 is 0 Å². The Morgan fingerprint density at radius 1 is 1.28 bits per heavy atom. The lowest BCUT2D eigenvalue weighted by Crippen LogP contribution is -2.12. The average molecular weight is 244 g/mol. The Labute approximate surface area is 105 Å². The van der Waals surface area contributed by atoms with Gasteiger partial charge in [-0.15, -0.1) is 0 Å². The smallest absolute Gasteiger partial charge is 0.252 e. The van der Waals surface area contributed by atoms with Gasteiger partial charge in [0.15, 0.2) is 0 Å². The third-order valence-electron chi connectivity index (χ3n) is 2.59. The summed E-state index contributed by atoms with van der Waals surface area (Å²) >= 11 is 0. The van der Waals surface area contributed by atoms with Crippen LogP contribution in [0.15, 0.2) is 35.1 Å². The van der Waals surface area contributed by atoms with Crippen molar-refractivity contribution in [2.45, 2.75) is 20.0 Å². The molecule has 2 aromatic rings. The predicted molar refractivity (Wildman–Crippen MR) is 71.3 cm³/mol. The normalized spacial score (nSPS) is 10.3. The first-order valence-corrected chi connectivity index (χ1v) is 5.77. The van der Waals surface area contributed by atoms with Crippen molar-refractivity contribution in [1.29, 1.82) is 0 Å². The van der Waals surface area contributed by atoms with Gasteiger partial charge in [-0.25, -0.2) is 4.98 Å². The quantitative estimate of drug-likeness (QED) is 0.753. The fourth-order valence-corrected chi connectivity index (χ4v) is 1.64. The molecule has 1 aromatic heterocycles. The highest BCUT2D eigenvalue weighted by atomic mass is 16.1. The molecule has 94 valence electrons. The standard InChI is InChI=1S/C13H16N4O/c1-9-6-12(18)17-13(16-9)15-8-11-4-2-10(7-14)3-5-11/h2-6H,7-8,14H2,1H3,(H2,15,16,17,18). The number of aromatic amines is 1. The molecule has 18 heavy (non-hydrogen) atoms. The van der Waals surface area contributed by atoms with Crippen LogP contribution in [0, 0.1) is 6.92 Å². The minimum Gasteiger partial charge on any atom is -0.352 e. The maximum Gasteiger partial charge on any atom is 0.252 e. The largest absolute Gasteiger partial charge is 0.352 e. The summed E-state index contributed by atoms with van der Waals surface area (Å²) in [6.45, 7) is 2.94. The van der Waals surface area contributed by atoms with E-state index in [-0.39, 0.29) is 5.56 Å². The number of benzene rings is 1. The molecule has 0 amide bonds. The zero-order valence-corrected chi connectivity index (χ0v) is 10.2. The van der Waals surface area contributed by atoms with Gasteiger partial charge in [-0.3, -0.25) is 9.78 Å². The van der Waals surface area contributed by atoms with Crippen molar-refractivity contribution in [3.05, 3.63) is 57.5 Å². The number of aromatic nitrogens is 2. The highest BCUT2D eigenvalue weighted by molar-refractivity contribution is 5.29. The number of rotatable bonds is 4. The molecule has 1 aromatic carbocycles. The lowest BCUT2D eigenvalue weighted by molar-refractivity contribution is 1.00. The van der Waals surface area contributed by atoms with Crippen LogP contribution in [0.2, 0.25) is 0 Å². The molecule has 5 heteroatoms. The summed E-state index contributed by atoms with van der Waals surface area (Å²) in [5.74, 6) is 0.489. The second-order valence-electron chi connectivity index (χ2n) is 4.11. The highest BCUT2D eigenvalue weighted by Crippen LogP contribution is 2.05. The third-order valence-corrected chi connectivity index (χ3v) is 2.59. The van der Waals surface area contributed by atoms with Crippen LogP contribution in [-0.4, -0.2) is 9.97 Å². The highest BCUT2D eigenvalue weighted by Gasteiger charge is 1.98. The maximum atomic E-state index is 11.3. The van der Waals surface area contributed by atoms with Gasteiger partial charge in [0.25, 0.3) is 5.56 Å². The molecule has 0 saturated carbocycles. The van der Waals surface area contributed by atoms with Crippen molar-refractivity contribution >= 4 is 5.95 Å². The van der Waals surface area contributed by atoms with Crippen LogP contribution in [0.25, 0.3) is 0 Å². The fourth-order valence-electron chi connectivity index (χ4n) is 1.64. The molecular formula is C13H16N4O. The van der Waals surface area contributed by atoms with E-state index in [0.717, 1.165) is 11.1 Å². The zero-order chi connectivity index (χ0) is 13.0. The molecule has 0 radical (unpaired) electrons. The van der Waals surface area contributed by atoms with Gasteiger partial charge in [-0.1, -0.05) is 24.3 Å². The van der Waals surface area contributed by atoms with Crippen molar-refractivity contribution in [2.24, 2.45) is 5.73 Å². The number of nitrogens with zero attached hydrogens (tertiary/aromatic N) is 1. The molecule has 5 nitrogen and oxygen atoms in total. The topological polar surface area (TPSA) is 83.8 Å². The lowest BCUT2D eigenvalue weighted by Gasteiger charge is -2.06. The Hall–Kier alpha value is -2.14. The van der Waals surface area contributed by atoms with Crippen molar-refractivity contribution in [1.82, 2.24) is 9.97 Å². The molecule has 0 aliphatic carbocycles. The van der Waals surface area contributed by atoms with E-state index in [1.54, 1.807) is 6.92 Å². The Bertz CT molecular complexity index is 574. The molecule has 0 bridgehead atoms. The minimum atomic E-state index is -0.150. The van der Waals surface area contributed by atoms with E-state index < -0.39 is 0 Å². The maximum absolute atomic E-state index is 11.3. The van der Waals surface area contributed by atoms with Crippen LogP contribution in [0.3, 0.4) is 0 Å². The SMILES string of the molecule is Cc1cc(=O)[nH]c(NCc2ccc(CN)cc2)n1. The van der Waals surface area contributed by atoms with E-state index in [4.69, 9.17) is 5.73 Å². The van der Waals surface area contributed by atoms with Gasteiger partial charge >= 0.3 is 0 Å². The molecule has 0 aliphatic heterocycles. The summed E-state index contributed by atoms with van der Waals surface area (Å²) in [5.41, 5.74) is 8.28. The Morgan fingerprint density at radius 3 is 2.56 bits per heavy atom. The van der Waals surface area contributed by atoms with Crippen LogP contribution in [0.1, 0.15) is 16.8 Å². The molecule has 2 rings (SSSR count). The average Bonchev–Trinajstić information content (AvgIpc) is 2.36. The fraction of sp³-hybridized carbons (Fsp3) is 0.231. The summed E-state index contributed by atoms with van der Waals surface area (Å²) in [4.78, 5) is 18.1. The van der Waals surface area contributed by atoms with E-state index >= 15 is 0 Å². The van der Waals surface area contributed by atoms with Gasteiger partial charge < -0.3 is 11.1 Å².